The molecule has 9 heteroatoms. The number of ether oxygens (including phenoxy) is 4. The zero-order chi connectivity index (χ0) is 26.2. The van der Waals surface area contributed by atoms with Crippen molar-refractivity contribution >= 4 is 23.6 Å². The van der Waals surface area contributed by atoms with Crippen LogP contribution in [0.5, 0.6) is 17.2 Å². The first-order valence-corrected chi connectivity index (χ1v) is 13.5. The minimum Gasteiger partial charge on any atom is -0.490 e. The Hall–Kier alpha value is -3.59. The predicted molar refractivity (Wildman–Crippen MR) is 141 cm³/mol. The van der Waals surface area contributed by atoms with E-state index in [1.54, 1.807) is 55.9 Å². The molecule has 1 amide bonds. The van der Waals surface area contributed by atoms with E-state index in [0.29, 0.717) is 52.9 Å². The van der Waals surface area contributed by atoms with E-state index in [1.165, 1.54) is 6.26 Å². The summed E-state index contributed by atoms with van der Waals surface area (Å²) in [5.74, 6) is 2.29. The fourth-order valence-electron chi connectivity index (χ4n) is 3.82. The van der Waals surface area contributed by atoms with Crippen molar-refractivity contribution in [1.29, 1.82) is 0 Å². The Bertz CT molecular complexity index is 1200. The van der Waals surface area contributed by atoms with Crippen molar-refractivity contribution in [1.82, 2.24) is 5.32 Å². The van der Waals surface area contributed by atoms with Crippen molar-refractivity contribution in [2.24, 2.45) is 0 Å². The molecular weight excluding hydrogens is 494 g/mol. The third-order valence-electron chi connectivity index (χ3n) is 5.58. The highest BCUT2D eigenvalue weighted by Crippen LogP contribution is 2.32. The van der Waals surface area contributed by atoms with Gasteiger partial charge in [0.1, 0.15) is 30.8 Å². The van der Waals surface area contributed by atoms with Crippen LogP contribution in [0.4, 0.5) is 0 Å². The third kappa shape index (κ3) is 7.01. The lowest BCUT2D eigenvalue weighted by atomic mass is 10.0. The topological polar surface area (TPSA) is 96.2 Å². The minimum absolute atomic E-state index is 0.259. The number of para-hydroxylation sites is 2. The summed E-state index contributed by atoms with van der Waals surface area (Å²) in [5, 5.41) is 2.84. The van der Waals surface area contributed by atoms with Gasteiger partial charge in [0.05, 0.1) is 17.9 Å². The Balaban J connectivity index is 1.49. The lowest BCUT2D eigenvalue weighted by Gasteiger charge is -2.26. The quantitative estimate of drug-likeness (QED) is 0.351. The van der Waals surface area contributed by atoms with Crippen molar-refractivity contribution in [2.45, 2.75) is 38.5 Å². The predicted octanol–water partition coefficient (Wildman–Crippen LogP) is 4.97. The van der Waals surface area contributed by atoms with Crippen LogP contribution < -0.4 is 19.5 Å². The molecule has 1 N–H and O–H groups in total. The molecule has 4 rings (SSSR count). The van der Waals surface area contributed by atoms with E-state index < -0.39 is 17.9 Å². The summed E-state index contributed by atoms with van der Waals surface area (Å²) < 4.78 is 28.7. The summed E-state index contributed by atoms with van der Waals surface area (Å²) in [6.45, 7) is 4.19. The normalized spacial score (nSPS) is 15.2. The minimum atomic E-state index is -0.756. The second-order valence-electron chi connectivity index (χ2n) is 8.79. The number of esters is 1. The Morgan fingerprint density at radius 3 is 2.65 bits per heavy atom. The van der Waals surface area contributed by atoms with Gasteiger partial charge in [-0.15, -0.1) is 0 Å². The number of fused-ring (bicyclic) bond motifs is 1. The number of carbonyl (C=O) groups excluding carboxylic acids is 2. The second kappa shape index (κ2) is 12.6. The molecule has 0 saturated heterocycles. The van der Waals surface area contributed by atoms with Crippen LogP contribution >= 0.6 is 11.8 Å². The fraction of sp³-hybridized carbons (Fsp3) is 0.357. The van der Waals surface area contributed by atoms with Crippen molar-refractivity contribution in [2.75, 3.05) is 25.2 Å². The molecule has 37 heavy (non-hydrogen) atoms. The Morgan fingerprint density at radius 1 is 1.11 bits per heavy atom. The highest BCUT2D eigenvalue weighted by molar-refractivity contribution is 7.98. The monoisotopic (exact) mass is 525 g/mol. The van der Waals surface area contributed by atoms with Crippen molar-refractivity contribution in [3.8, 4) is 28.6 Å². The Kier molecular flexibility index (Phi) is 9.00. The first-order chi connectivity index (χ1) is 17.9. The molecule has 2 atom stereocenters. The van der Waals surface area contributed by atoms with Crippen LogP contribution in [0.1, 0.15) is 30.6 Å². The van der Waals surface area contributed by atoms with Crippen LogP contribution in [0.2, 0.25) is 0 Å². The van der Waals surface area contributed by atoms with Crippen LogP contribution in [0.25, 0.3) is 11.3 Å². The van der Waals surface area contributed by atoms with Gasteiger partial charge in [-0.2, -0.15) is 11.8 Å². The van der Waals surface area contributed by atoms with Crippen LogP contribution in [0.3, 0.4) is 0 Å². The van der Waals surface area contributed by atoms with Crippen molar-refractivity contribution < 1.29 is 33.0 Å². The summed E-state index contributed by atoms with van der Waals surface area (Å²) in [6, 6.07) is 15.4. The van der Waals surface area contributed by atoms with E-state index in [1.807, 2.05) is 30.5 Å². The van der Waals surface area contributed by atoms with Gasteiger partial charge in [-0.05, 0) is 74.7 Å². The van der Waals surface area contributed by atoms with Crippen LogP contribution in [-0.4, -0.2) is 55.3 Å². The average molecular weight is 526 g/mol. The van der Waals surface area contributed by atoms with E-state index in [-0.39, 0.29) is 18.8 Å². The molecule has 196 valence electrons. The van der Waals surface area contributed by atoms with Gasteiger partial charge in [0.15, 0.2) is 17.6 Å². The molecule has 1 unspecified atom stereocenters. The van der Waals surface area contributed by atoms with E-state index >= 15 is 0 Å². The van der Waals surface area contributed by atoms with E-state index in [4.69, 9.17) is 23.4 Å². The largest absolute Gasteiger partial charge is 0.490 e. The highest BCUT2D eigenvalue weighted by Gasteiger charge is 2.26. The molecule has 1 aliphatic heterocycles. The van der Waals surface area contributed by atoms with Gasteiger partial charge in [-0.25, -0.2) is 4.79 Å². The van der Waals surface area contributed by atoms with E-state index in [9.17, 15) is 9.59 Å². The molecule has 3 aromatic rings. The maximum Gasteiger partial charge on any atom is 0.328 e. The van der Waals surface area contributed by atoms with Gasteiger partial charge in [0.25, 0.3) is 5.91 Å². The second-order valence-corrected chi connectivity index (χ2v) is 9.77. The molecule has 1 aromatic heterocycles. The molecule has 2 aromatic carbocycles. The zero-order valence-electron chi connectivity index (χ0n) is 21.1. The van der Waals surface area contributed by atoms with Crippen LogP contribution in [-0.2, 0) is 9.53 Å². The molecule has 0 fully saturated rings. The van der Waals surface area contributed by atoms with E-state index in [2.05, 4.69) is 5.32 Å². The Labute approximate surface area is 220 Å². The Morgan fingerprint density at radius 2 is 1.92 bits per heavy atom. The number of benzene rings is 2. The number of thioether (sulfide) groups is 1. The number of carbonyl (C=O) groups is 2. The molecule has 2 heterocycles. The molecule has 1 aliphatic rings. The lowest BCUT2D eigenvalue weighted by Crippen LogP contribution is -2.43. The fourth-order valence-corrected chi connectivity index (χ4v) is 4.29. The summed E-state index contributed by atoms with van der Waals surface area (Å²) in [5.41, 5.74) is 0.909. The molecule has 0 bridgehead atoms. The maximum absolute atomic E-state index is 13.3. The van der Waals surface area contributed by atoms with Crippen molar-refractivity contribution in [3.63, 3.8) is 0 Å². The van der Waals surface area contributed by atoms with Crippen LogP contribution in [0, 0.1) is 0 Å². The zero-order valence-corrected chi connectivity index (χ0v) is 21.9. The summed E-state index contributed by atoms with van der Waals surface area (Å²) in [6.07, 6.45) is 3.39. The number of rotatable bonds is 11. The van der Waals surface area contributed by atoms with Crippen molar-refractivity contribution in [3.05, 3.63) is 66.4 Å². The van der Waals surface area contributed by atoms with Gasteiger partial charge in [-0.1, -0.05) is 12.1 Å². The number of hydrogen-bond acceptors (Lipinski definition) is 8. The highest BCUT2D eigenvalue weighted by atomic mass is 32.2. The summed E-state index contributed by atoms with van der Waals surface area (Å²) >= 11 is 1.60. The summed E-state index contributed by atoms with van der Waals surface area (Å²) in [4.78, 5) is 25.9. The summed E-state index contributed by atoms with van der Waals surface area (Å²) in [7, 11) is 0. The first kappa shape index (κ1) is 26.5. The SMILES string of the molecule is CSCC[C@H](NC(=O)c1ccc(OCC2COc3ccccc3O2)cc1-c1ccco1)C(=O)OC(C)C. The number of hydrogen-bond donors (Lipinski definition) is 1. The molecule has 0 saturated carbocycles. The molecule has 8 nitrogen and oxygen atoms in total. The average Bonchev–Trinajstić information content (AvgIpc) is 3.44. The smallest absolute Gasteiger partial charge is 0.328 e. The van der Waals surface area contributed by atoms with Gasteiger partial charge in [0.2, 0.25) is 0 Å². The number of amides is 1. The molecular formula is C28H31NO7S. The third-order valence-corrected chi connectivity index (χ3v) is 6.22. The van der Waals surface area contributed by atoms with Crippen LogP contribution in [0.15, 0.2) is 65.3 Å². The lowest BCUT2D eigenvalue weighted by molar-refractivity contribution is -0.149. The van der Waals surface area contributed by atoms with Gasteiger partial charge < -0.3 is 28.7 Å². The first-order valence-electron chi connectivity index (χ1n) is 12.1. The number of furan rings is 1. The molecule has 0 spiro atoms. The molecule has 0 aliphatic carbocycles. The maximum atomic E-state index is 13.3. The van der Waals surface area contributed by atoms with Gasteiger partial charge >= 0.3 is 5.97 Å². The van der Waals surface area contributed by atoms with E-state index in [0.717, 1.165) is 0 Å². The van der Waals surface area contributed by atoms with Gasteiger partial charge in [-0.3, -0.25) is 4.79 Å². The van der Waals surface area contributed by atoms with Gasteiger partial charge in [0, 0.05) is 5.56 Å². The molecule has 0 radical (unpaired) electrons. The number of nitrogens with one attached hydrogen (secondary N) is 1. The standard InChI is InChI=1S/C28H31NO7S/c1-18(2)35-28(31)23(12-14-37-3)29-27(30)21-11-10-19(15-22(21)24-9-6-13-32-24)33-16-20-17-34-25-7-4-5-8-26(25)36-20/h4-11,13,15,18,20,23H,12,14,16-17H2,1-3H3,(H,29,30)/t20?,23-/m0/s1.